The van der Waals surface area contributed by atoms with Gasteiger partial charge in [-0.15, -0.1) is 0 Å². The van der Waals surface area contributed by atoms with Crippen molar-refractivity contribution in [2.75, 3.05) is 33.4 Å². The number of para-hydroxylation sites is 1. The Balaban J connectivity index is 0.000000436. The van der Waals surface area contributed by atoms with Crippen LogP contribution < -0.4 is 9.47 Å². The van der Waals surface area contributed by atoms with E-state index in [4.69, 9.17) is 24.2 Å². The van der Waals surface area contributed by atoms with Crippen molar-refractivity contribution < 1.29 is 38.6 Å². The third kappa shape index (κ3) is 8.17. The number of piperidine rings is 1. The van der Waals surface area contributed by atoms with Gasteiger partial charge in [0, 0.05) is 35.6 Å². The third-order valence-corrected chi connectivity index (χ3v) is 6.19. The van der Waals surface area contributed by atoms with Crippen molar-refractivity contribution in [1.82, 2.24) is 10.1 Å². The number of carbonyl (C=O) groups is 3. The van der Waals surface area contributed by atoms with Crippen LogP contribution in [0.5, 0.6) is 11.5 Å². The van der Waals surface area contributed by atoms with Gasteiger partial charge in [-0.2, -0.15) is 0 Å². The van der Waals surface area contributed by atoms with Gasteiger partial charge in [-0.05, 0) is 69.6 Å². The highest BCUT2D eigenvalue weighted by molar-refractivity contribution is 5.94. The molecule has 0 atom stereocenters. The van der Waals surface area contributed by atoms with Gasteiger partial charge in [-0.1, -0.05) is 17.3 Å². The topological polar surface area (TPSA) is 139 Å². The number of carboxylic acid groups (broad SMARTS) is 2. The molecule has 0 radical (unpaired) electrons. The summed E-state index contributed by atoms with van der Waals surface area (Å²) in [5, 5.41) is 21.1. The molecule has 2 aromatic carbocycles. The number of nitrogens with zero attached hydrogens (tertiary/aromatic N) is 2. The number of likely N-dealkylation sites (tertiary alicyclic amines) is 1. The summed E-state index contributed by atoms with van der Waals surface area (Å²) in [6, 6.07) is 13.4. The van der Waals surface area contributed by atoms with Crippen LogP contribution in [-0.4, -0.2) is 71.3 Å². The molecule has 0 aliphatic carbocycles. The van der Waals surface area contributed by atoms with Crippen LogP contribution in [0.4, 0.5) is 0 Å². The maximum atomic E-state index is 11.5. The molecule has 0 spiro atoms. The minimum absolute atomic E-state index is 0.0156. The average Bonchev–Trinajstić information content (AvgIpc) is 3.35. The molecule has 2 heterocycles. The first-order valence-corrected chi connectivity index (χ1v) is 12.3. The molecule has 1 aliphatic heterocycles. The van der Waals surface area contributed by atoms with Gasteiger partial charge >= 0.3 is 11.9 Å². The summed E-state index contributed by atoms with van der Waals surface area (Å²) in [6.07, 6.45) is 4.25. The number of aliphatic carboxylic acids is 2. The van der Waals surface area contributed by atoms with E-state index in [9.17, 15) is 14.4 Å². The number of fused-ring (bicyclic) bond motifs is 1. The number of ether oxygens (including phenoxy) is 2. The minimum atomic E-state index is -1.26. The third-order valence-electron chi connectivity index (χ3n) is 6.19. The molecule has 10 nitrogen and oxygen atoms in total. The molecular formula is C28H32N2O8. The van der Waals surface area contributed by atoms with Crippen LogP contribution in [0.25, 0.3) is 11.0 Å². The summed E-state index contributed by atoms with van der Waals surface area (Å²) in [7, 11) is 1.59. The number of hydrogen-bond acceptors (Lipinski definition) is 8. The van der Waals surface area contributed by atoms with Crippen molar-refractivity contribution in [3.05, 3.63) is 65.9 Å². The Morgan fingerprint density at radius 2 is 1.74 bits per heavy atom. The standard InChI is InChI=1S/C24H28N2O4.C4H4O4/c1-17(27)19-8-9-22(23(16-19)28-2)29-15-5-12-26-13-10-18(11-14-26)24-20-6-3-4-7-21(20)30-25-24;5-3(6)1-2-4(7)8/h3-4,6-9,16,18H,5,10-15H2,1-2H3;1-2H,(H,5,6)(H,7,8)/b;2-1+. The van der Waals surface area contributed by atoms with Crippen LogP contribution in [0.15, 0.2) is 59.1 Å². The molecule has 38 heavy (non-hydrogen) atoms. The van der Waals surface area contributed by atoms with Crippen LogP contribution in [0, 0.1) is 0 Å². The molecule has 0 unspecified atom stereocenters. The van der Waals surface area contributed by atoms with Gasteiger partial charge < -0.3 is 29.1 Å². The first kappa shape index (κ1) is 28.4. The number of ketones is 1. The van der Waals surface area contributed by atoms with Crippen molar-refractivity contribution in [2.45, 2.75) is 32.1 Å². The maximum absolute atomic E-state index is 11.5. The predicted octanol–water partition coefficient (Wildman–Crippen LogP) is 4.40. The van der Waals surface area contributed by atoms with E-state index < -0.39 is 11.9 Å². The lowest BCUT2D eigenvalue weighted by atomic mass is 9.91. The summed E-state index contributed by atoms with van der Waals surface area (Å²) in [5.41, 5.74) is 2.61. The van der Waals surface area contributed by atoms with E-state index in [1.807, 2.05) is 24.3 Å². The van der Waals surface area contributed by atoms with Crippen molar-refractivity contribution >= 4 is 28.7 Å². The van der Waals surface area contributed by atoms with Crippen LogP contribution in [-0.2, 0) is 9.59 Å². The van der Waals surface area contributed by atoms with Crippen LogP contribution in [0.2, 0.25) is 0 Å². The van der Waals surface area contributed by atoms with E-state index >= 15 is 0 Å². The Labute approximate surface area is 220 Å². The first-order chi connectivity index (χ1) is 18.3. The molecule has 10 heteroatoms. The van der Waals surface area contributed by atoms with Crippen molar-refractivity contribution in [2.24, 2.45) is 0 Å². The normalized spacial score (nSPS) is 14.2. The second kappa shape index (κ2) is 13.9. The second-order valence-electron chi connectivity index (χ2n) is 8.81. The average molecular weight is 525 g/mol. The summed E-state index contributed by atoms with van der Waals surface area (Å²) in [6.45, 7) is 5.28. The Bertz CT molecular complexity index is 1260. The summed E-state index contributed by atoms with van der Waals surface area (Å²) < 4.78 is 16.7. The van der Waals surface area contributed by atoms with Gasteiger partial charge in [0.15, 0.2) is 22.9 Å². The Morgan fingerprint density at radius 1 is 1.05 bits per heavy atom. The van der Waals surface area contributed by atoms with Gasteiger partial charge in [0.05, 0.1) is 19.4 Å². The van der Waals surface area contributed by atoms with Gasteiger partial charge in [-0.3, -0.25) is 4.79 Å². The molecule has 1 fully saturated rings. The zero-order valence-electron chi connectivity index (χ0n) is 21.5. The van der Waals surface area contributed by atoms with E-state index in [0.29, 0.717) is 41.7 Å². The van der Waals surface area contributed by atoms with Crippen LogP contribution >= 0.6 is 0 Å². The molecule has 202 valence electrons. The summed E-state index contributed by atoms with van der Waals surface area (Å²) >= 11 is 0. The monoisotopic (exact) mass is 524 g/mol. The number of carbonyl (C=O) groups excluding carboxylic acids is 1. The van der Waals surface area contributed by atoms with E-state index in [1.54, 1.807) is 26.2 Å². The second-order valence-corrected chi connectivity index (χ2v) is 8.81. The highest BCUT2D eigenvalue weighted by atomic mass is 16.5. The lowest BCUT2D eigenvalue weighted by molar-refractivity contribution is -0.134. The minimum Gasteiger partial charge on any atom is -0.493 e. The molecule has 1 aliphatic rings. The molecule has 0 amide bonds. The lowest BCUT2D eigenvalue weighted by Crippen LogP contribution is -2.34. The van der Waals surface area contributed by atoms with Crippen LogP contribution in [0.1, 0.15) is 48.2 Å². The molecule has 3 aromatic rings. The fourth-order valence-electron chi connectivity index (χ4n) is 4.25. The van der Waals surface area contributed by atoms with E-state index in [2.05, 4.69) is 16.1 Å². The zero-order valence-corrected chi connectivity index (χ0v) is 21.5. The Morgan fingerprint density at radius 3 is 2.37 bits per heavy atom. The summed E-state index contributed by atoms with van der Waals surface area (Å²) in [4.78, 5) is 33.1. The number of carboxylic acids is 2. The maximum Gasteiger partial charge on any atom is 0.328 e. The van der Waals surface area contributed by atoms with Crippen LogP contribution in [0.3, 0.4) is 0 Å². The van der Waals surface area contributed by atoms with Crippen molar-refractivity contribution in [3.63, 3.8) is 0 Å². The summed E-state index contributed by atoms with van der Waals surface area (Å²) in [5.74, 6) is -0.755. The fourth-order valence-corrected chi connectivity index (χ4v) is 4.25. The molecular weight excluding hydrogens is 492 g/mol. The predicted molar refractivity (Wildman–Crippen MR) is 140 cm³/mol. The zero-order chi connectivity index (χ0) is 27.5. The van der Waals surface area contributed by atoms with E-state index in [-0.39, 0.29) is 5.78 Å². The number of methoxy groups -OCH3 is 1. The lowest BCUT2D eigenvalue weighted by Gasteiger charge is -2.31. The molecule has 1 saturated heterocycles. The highest BCUT2D eigenvalue weighted by Crippen LogP contribution is 2.32. The number of aromatic nitrogens is 1. The smallest absolute Gasteiger partial charge is 0.328 e. The van der Waals surface area contributed by atoms with Crippen molar-refractivity contribution in [3.8, 4) is 11.5 Å². The van der Waals surface area contributed by atoms with Gasteiger partial charge in [-0.25, -0.2) is 9.59 Å². The van der Waals surface area contributed by atoms with Crippen molar-refractivity contribution in [1.29, 1.82) is 0 Å². The number of benzene rings is 2. The number of rotatable bonds is 10. The quantitative estimate of drug-likeness (QED) is 0.223. The first-order valence-electron chi connectivity index (χ1n) is 12.3. The van der Waals surface area contributed by atoms with Gasteiger partial charge in [0.1, 0.15) is 0 Å². The highest BCUT2D eigenvalue weighted by Gasteiger charge is 2.24. The SMILES string of the molecule is COc1cc(C(C)=O)ccc1OCCCN1CCC(c2noc3ccccc23)CC1.O=C(O)/C=C/C(=O)O. The van der Waals surface area contributed by atoms with E-state index in [0.717, 1.165) is 55.6 Å². The Kier molecular flexibility index (Phi) is 10.4. The molecule has 0 bridgehead atoms. The number of Topliss-reactive ketones (excluding diaryl/α,β-unsaturated/α-hetero) is 1. The van der Waals surface area contributed by atoms with E-state index in [1.165, 1.54) is 0 Å². The van der Waals surface area contributed by atoms with Gasteiger partial charge in [0.25, 0.3) is 0 Å². The largest absolute Gasteiger partial charge is 0.493 e. The molecule has 0 saturated carbocycles. The molecule has 2 N–H and O–H groups in total. The molecule has 1 aromatic heterocycles. The Hall–Kier alpha value is -4.18. The fraction of sp³-hybridized carbons (Fsp3) is 0.357. The molecule has 4 rings (SSSR count). The number of hydrogen-bond donors (Lipinski definition) is 2. The van der Waals surface area contributed by atoms with Gasteiger partial charge in [0.2, 0.25) is 0 Å².